The molecule has 0 aromatic heterocycles. The maximum atomic E-state index is 11.7. The lowest BCUT2D eigenvalue weighted by molar-refractivity contribution is -0.117. The molecule has 0 radical (unpaired) electrons. The molecule has 88 valence electrons. The molecule has 1 N–H and O–H groups in total. The first-order valence-electron chi connectivity index (χ1n) is 5.03. The zero-order valence-electron chi connectivity index (χ0n) is 9.60. The molecule has 1 amide bonds. The molecule has 0 fully saturated rings. The average molecular weight is 305 g/mol. The molecule has 0 saturated carbocycles. The summed E-state index contributed by atoms with van der Waals surface area (Å²) in [5.74, 6) is -0.0208. The number of hydrogen-bond donors (Lipinski definition) is 1. The fourth-order valence-electron chi connectivity index (χ4n) is 1.27. The number of nitrogens with one attached hydrogen (secondary N) is 1. The van der Waals surface area contributed by atoms with Gasteiger partial charge in [-0.1, -0.05) is 48.3 Å². The van der Waals surface area contributed by atoms with Crippen molar-refractivity contribution in [2.24, 2.45) is 5.41 Å². The van der Waals surface area contributed by atoms with Gasteiger partial charge in [-0.25, -0.2) is 0 Å². The number of anilines is 1. The second kappa shape index (κ2) is 5.19. The summed E-state index contributed by atoms with van der Waals surface area (Å²) < 4.78 is 0.892. The van der Waals surface area contributed by atoms with Gasteiger partial charge in [-0.15, -0.1) is 0 Å². The zero-order valence-corrected chi connectivity index (χ0v) is 11.9. The maximum Gasteiger partial charge on any atom is 0.224 e. The van der Waals surface area contributed by atoms with Crippen LogP contribution in [0.15, 0.2) is 22.7 Å². The molecule has 0 aliphatic carbocycles. The second-order valence-electron chi connectivity index (χ2n) is 4.91. The van der Waals surface area contributed by atoms with Gasteiger partial charge in [-0.2, -0.15) is 0 Å². The van der Waals surface area contributed by atoms with E-state index in [4.69, 9.17) is 11.6 Å². The average Bonchev–Trinajstić information content (AvgIpc) is 2.08. The predicted octanol–water partition coefficient (Wildman–Crippen LogP) is 4.48. The van der Waals surface area contributed by atoms with Crippen LogP contribution in [0.2, 0.25) is 5.02 Å². The third-order valence-electron chi connectivity index (χ3n) is 1.89. The standard InChI is InChI=1S/C12H15BrClNO/c1-12(2,3)7-11(16)15-10-6-8(13)4-5-9(10)14/h4-6H,7H2,1-3H3,(H,15,16). The second-order valence-corrected chi connectivity index (χ2v) is 6.23. The van der Waals surface area contributed by atoms with Gasteiger partial charge in [0.15, 0.2) is 0 Å². The smallest absolute Gasteiger partial charge is 0.224 e. The topological polar surface area (TPSA) is 29.1 Å². The lowest BCUT2D eigenvalue weighted by Crippen LogP contribution is -2.19. The first kappa shape index (κ1) is 13.5. The first-order valence-corrected chi connectivity index (χ1v) is 6.20. The molecule has 1 aromatic carbocycles. The highest BCUT2D eigenvalue weighted by Gasteiger charge is 2.16. The van der Waals surface area contributed by atoms with Gasteiger partial charge in [0, 0.05) is 10.9 Å². The Balaban J connectivity index is 2.73. The van der Waals surface area contributed by atoms with Crippen molar-refractivity contribution in [1.29, 1.82) is 0 Å². The van der Waals surface area contributed by atoms with E-state index in [1.807, 2.05) is 26.8 Å². The van der Waals surface area contributed by atoms with E-state index in [1.54, 1.807) is 12.1 Å². The summed E-state index contributed by atoms with van der Waals surface area (Å²) >= 11 is 9.31. The van der Waals surface area contributed by atoms with E-state index in [1.165, 1.54) is 0 Å². The molecular weight excluding hydrogens is 289 g/mol. The molecule has 16 heavy (non-hydrogen) atoms. The Morgan fingerprint density at radius 2 is 2.06 bits per heavy atom. The SMILES string of the molecule is CC(C)(C)CC(=O)Nc1cc(Br)ccc1Cl. The quantitative estimate of drug-likeness (QED) is 0.857. The Morgan fingerprint density at radius 3 is 2.62 bits per heavy atom. The predicted molar refractivity (Wildman–Crippen MR) is 71.9 cm³/mol. The minimum Gasteiger partial charge on any atom is -0.325 e. The molecule has 0 aliphatic heterocycles. The molecular formula is C12H15BrClNO. The van der Waals surface area contributed by atoms with Crippen LogP contribution in [0.25, 0.3) is 0 Å². The largest absolute Gasteiger partial charge is 0.325 e. The van der Waals surface area contributed by atoms with Crippen LogP contribution in [0.1, 0.15) is 27.2 Å². The molecule has 0 heterocycles. The lowest BCUT2D eigenvalue weighted by atomic mass is 9.92. The summed E-state index contributed by atoms with van der Waals surface area (Å²) in [5, 5.41) is 3.35. The van der Waals surface area contributed by atoms with E-state index in [2.05, 4.69) is 21.2 Å². The highest BCUT2D eigenvalue weighted by atomic mass is 79.9. The normalized spacial score (nSPS) is 11.3. The van der Waals surface area contributed by atoms with E-state index in [-0.39, 0.29) is 11.3 Å². The van der Waals surface area contributed by atoms with Crippen LogP contribution in [-0.4, -0.2) is 5.91 Å². The van der Waals surface area contributed by atoms with Crippen molar-refractivity contribution < 1.29 is 4.79 Å². The number of amides is 1. The summed E-state index contributed by atoms with van der Waals surface area (Å²) in [6.07, 6.45) is 0.468. The van der Waals surface area contributed by atoms with Crippen LogP contribution in [0, 0.1) is 5.41 Å². The van der Waals surface area contributed by atoms with Gasteiger partial charge in [0.05, 0.1) is 10.7 Å². The van der Waals surface area contributed by atoms with Gasteiger partial charge in [-0.3, -0.25) is 4.79 Å². The molecule has 1 rings (SSSR count). The minimum atomic E-state index is -0.0252. The van der Waals surface area contributed by atoms with E-state index < -0.39 is 0 Å². The van der Waals surface area contributed by atoms with Crippen LogP contribution >= 0.6 is 27.5 Å². The lowest BCUT2D eigenvalue weighted by Gasteiger charge is -2.17. The molecule has 1 aromatic rings. The molecule has 0 bridgehead atoms. The third-order valence-corrected chi connectivity index (χ3v) is 2.72. The fraction of sp³-hybridized carbons (Fsp3) is 0.417. The van der Waals surface area contributed by atoms with Crippen molar-refractivity contribution in [3.63, 3.8) is 0 Å². The van der Waals surface area contributed by atoms with E-state index in [0.29, 0.717) is 17.1 Å². The number of rotatable bonds is 2. The van der Waals surface area contributed by atoms with Crippen LogP contribution in [-0.2, 0) is 4.79 Å². The summed E-state index contributed by atoms with van der Waals surface area (Å²) in [6.45, 7) is 6.07. The van der Waals surface area contributed by atoms with Crippen molar-refractivity contribution in [3.8, 4) is 0 Å². The molecule has 2 nitrogen and oxygen atoms in total. The summed E-state index contributed by atoms with van der Waals surface area (Å²) in [7, 11) is 0. The monoisotopic (exact) mass is 303 g/mol. The number of carbonyl (C=O) groups is 1. The fourth-order valence-corrected chi connectivity index (χ4v) is 1.80. The van der Waals surface area contributed by atoms with E-state index >= 15 is 0 Å². The molecule has 4 heteroatoms. The van der Waals surface area contributed by atoms with E-state index in [0.717, 1.165) is 4.47 Å². The van der Waals surface area contributed by atoms with E-state index in [9.17, 15) is 4.79 Å². The van der Waals surface area contributed by atoms with Gasteiger partial charge in [-0.05, 0) is 23.6 Å². The zero-order chi connectivity index (χ0) is 12.3. The number of carbonyl (C=O) groups excluding carboxylic acids is 1. The van der Waals surface area contributed by atoms with Crippen LogP contribution < -0.4 is 5.32 Å². The molecule has 0 unspecified atom stereocenters. The highest BCUT2D eigenvalue weighted by molar-refractivity contribution is 9.10. The molecule has 0 saturated heterocycles. The van der Waals surface area contributed by atoms with Crippen LogP contribution in [0.3, 0.4) is 0 Å². The van der Waals surface area contributed by atoms with Gasteiger partial charge in [0.1, 0.15) is 0 Å². The van der Waals surface area contributed by atoms with Gasteiger partial charge in [0.2, 0.25) is 5.91 Å². The van der Waals surface area contributed by atoms with Crippen LogP contribution in [0.4, 0.5) is 5.69 Å². The Bertz CT molecular complexity index is 398. The molecule has 0 spiro atoms. The maximum absolute atomic E-state index is 11.7. The number of hydrogen-bond acceptors (Lipinski definition) is 1. The van der Waals surface area contributed by atoms with Gasteiger partial charge >= 0.3 is 0 Å². The van der Waals surface area contributed by atoms with Crippen LogP contribution in [0.5, 0.6) is 0 Å². The van der Waals surface area contributed by atoms with Crippen molar-refractivity contribution in [1.82, 2.24) is 0 Å². The molecule has 0 atom stereocenters. The van der Waals surface area contributed by atoms with Crippen molar-refractivity contribution in [2.45, 2.75) is 27.2 Å². The Hall–Kier alpha value is -0.540. The first-order chi connectivity index (χ1) is 7.28. The number of halogens is 2. The number of benzene rings is 1. The van der Waals surface area contributed by atoms with Crippen molar-refractivity contribution >= 4 is 39.1 Å². The third kappa shape index (κ3) is 4.54. The Kier molecular flexibility index (Phi) is 4.39. The summed E-state index contributed by atoms with van der Waals surface area (Å²) in [6, 6.07) is 5.38. The van der Waals surface area contributed by atoms with Crippen molar-refractivity contribution in [3.05, 3.63) is 27.7 Å². The Morgan fingerprint density at radius 1 is 1.44 bits per heavy atom. The van der Waals surface area contributed by atoms with Gasteiger partial charge < -0.3 is 5.32 Å². The highest BCUT2D eigenvalue weighted by Crippen LogP contribution is 2.27. The minimum absolute atomic E-state index is 0.0208. The Labute approximate surface area is 110 Å². The summed E-state index contributed by atoms with van der Waals surface area (Å²) in [5.41, 5.74) is 0.619. The van der Waals surface area contributed by atoms with Crippen molar-refractivity contribution in [2.75, 3.05) is 5.32 Å². The molecule has 0 aliphatic rings. The van der Waals surface area contributed by atoms with Gasteiger partial charge in [0.25, 0.3) is 0 Å². The summed E-state index contributed by atoms with van der Waals surface area (Å²) in [4.78, 5) is 11.7.